The second-order valence-corrected chi connectivity index (χ2v) is 7.97. The van der Waals surface area contributed by atoms with E-state index in [9.17, 15) is 9.59 Å². The Hall–Kier alpha value is -2.08. The summed E-state index contributed by atoms with van der Waals surface area (Å²) in [6.07, 6.45) is 4.06. The molecule has 6 heteroatoms. The number of nitrogens with zero attached hydrogens (tertiary/aromatic N) is 1. The quantitative estimate of drug-likeness (QED) is 0.665. The molecule has 0 spiro atoms. The van der Waals surface area contributed by atoms with Gasteiger partial charge in [-0.3, -0.25) is 9.69 Å². The van der Waals surface area contributed by atoms with Crippen molar-refractivity contribution in [2.75, 3.05) is 18.4 Å². The third-order valence-corrected chi connectivity index (χ3v) is 5.30. The molecule has 0 atom stereocenters. The van der Waals surface area contributed by atoms with Crippen molar-refractivity contribution < 1.29 is 14.7 Å². The maximum Gasteiger partial charge on any atom is 0.319 e. The van der Waals surface area contributed by atoms with Gasteiger partial charge < -0.3 is 15.7 Å². The molecular formula is C20H29N3O3. The monoisotopic (exact) mass is 359 g/mol. The number of nitrogens with one attached hydrogen (secondary N) is 2. The van der Waals surface area contributed by atoms with Crippen molar-refractivity contribution in [2.24, 2.45) is 5.92 Å². The highest BCUT2D eigenvalue weighted by molar-refractivity contribution is 5.89. The lowest BCUT2D eigenvalue weighted by atomic mass is 9.85. The van der Waals surface area contributed by atoms with E-state index in [1.807, 2.05) is 18.2 Å². The van der Waals surface area contributed by atoms with E-state index in [4.69, 9.17) is 5.11 Å². The van der Waals surface area contributed by atoms with Crippen LogP contribution in [0.2, 0.25) is 0 Å². The SMILES string of the molecule is CC(C)c1cccc(NC(=O)NC2CC(N(CC(=O)O)CC3CC3)C2)c1. The highest BCUT2D eigenvalue weighted by atomic mass is 16.4. The second kappa shape index (κ2) is 8.08. The molecule has 26 heavy (non-hydrogen) atoms. The Morgan fingerprint density at radius 3 is 2.62 bits per heavy atom. The molecule has 0 heterocycles. The molecule has 2 fully saturated rings. The van der Waals surface area contributed by atoms with Gasteiger partial charge in [0.15, 0.2) is 0 Å². The van der Waals surface area contributed by atoms with E-state index < -0.39 is 5.97 Å². The van der Waals surface area contributed by atoms with Gasteiger partial charge in [0.05, 0.1) is 6.54 Å². The summed E-state index contributed by atoms with van der Waals surface area (Å²) in [5.41, 5.74) is 1.99. The molecule has 142 valence electrons. The number of aliphatic carboxylic acids is 1. The van der Waals surface area contributed by atoms with Crippen molar-refractivity contribution >= 4 is 17.7 Å². The lowest BCUT2D eigenvalue weighted by molar-refractivity contribution is -0.139. The standard InChI is InChI=1S/C20H29N3O3/c1-13(2)15-4-3-5-16(8-15)21-20(26)22-17-9-18(10-17)23(12-19(24)25)11-14-6-7-14/h3-5,8,13-14,17-18H,6-7,9-12H2,1-2H3,(H,24,25)(H2,21,22,26). The van der Waals surface area contributed by atoms with Gasteiger partial charge in [-0.05, 0) is 55.2 Å². The van der Waals surface area contributed by atoms with E-state index in [0.29, 0.717) is 11.8 Å². The minimum absolute atomic E-state index is 0.0993. The van der Waals surface area contributed by atoms with E-state index in [-0.39, 0.29) is 24.7 Å². The van der Waals surface area contributed by atoms with Gasteiger partial charge in [-0.2, -0.15) is 0 Å². The second-order valence-electron chi connectivity index (χ2n) is 7.97. The zero-order valence-electron chi connectivity index (χ0n) is 15.6. The molecular weight excluding hydrogens is 330 g/mol. The molecule has 1 aromatic rings. The van der Waals surface area contributed by atoms with Crippen molar-refractivity contribution in [1.82, 2.24) is 10.2 Å². The van der Waals surface area contributed by atoms with E-state index in [1.165, 1.54) is 18.4 Å². The molecule has 0 radical (unpaired) electrons. The van der Waals surface area contributed by atoms with Crippen LogP contribution in [0.25, 0.3) is 0 Å². The molecule has 2 aliphatic carbocycles. The number of urea groups is 1. The topological polar surface area (TPSA) is 81.7 Å². The Kier molecular flexibility index (Phi) is 5.81. The average molecular weight is 359 g/mol. The van der Waals surface area contributed by atoms with Gasteiger partial charge in [0.2, 0.25) is 0 Å². The van der Waals surface area contributed by atoms with Crippen LogP contribution in [0.1, 0.15) is 51.0 Å². The Morgan fingerprint density at radius 2 is 2.00 bits per heavy atom. The van der Waals surface area contributed by atoms with Crippen molar-refractivity contribution in [2.45, 2.75) is 57.5 Å². The number of amides is 2. The van der Waals surface area contributed by atoms with Crippen LogP contribution < -0.4 is 10.6 Å². The van der Waals surface area contributed by atoms with Gasteiger partial charge in [0, 0.05) is 24.3 Å². The maximum absolute atomic E-state index is 12.2. The number of rotatable bonds is 8. The summed E-state index contributed by atoms with van der Waals surface area (Å²) in [6, 6.07) is 8.08. The molecule has 0 aromatic heterocycles. The van der Waals surface area contributed by atoms with Crippen LogP contribution in [-0.2, 0) is 4.79 Å². The van der Waals surface area contributed by atoms with Gasteiger partial charge >= 0.3 is 12.0 Å². The molecule has 0 saturated heterocycles. The summed E-state index contributed by atoms with van der Waals surface area (Å²) in [6.45, 7) is 5.22. The summed E-state index contributed by atoms with van der Waals surface area (Å²) in [5.74, 6) is 0.307. The van der Waals surface area contributed by atoms with Crippen LogP contribution in [-0.4, -0.2) is 47.2 Å². The number of carboxylic acids is 1. The van der Waals surface area contributed by atoms with Crippen molar-refractivity contribution in [1.29, 1.82) is 0 Å². The first-order valence-electron chi connectivity index (χ1n) is 9.54. The van der Waals surface area contributed by atoms with Gasteiger partial charge in [0.25, 0.3) is 0 Å². The fourth-order valence-corrected chi connectivity index (χ4v) is 3.48. The zero-order valence-corrected chi connectivity index (χ0v) is 15.6. The average Bonchev–Trinajstić information content (AvgIpc) is 3.33. The predicted octanol–water partition coefficient (Wildman–Crippen LogP) is 3.26. The third-order valence-electron chi connectivity index (χ3n) is 5.30. The van der Waals surface area contributed by atoms with Crippen molar-refractivity contribution in [3.05, 3.63) is 29.8 Å². The molecule has 1 aromatic carbocycles. The molecule has 3 rings (SSSR count). The Bertz CT molecular complexity index is 651. The van der Waals surface area contributed by atoms with E-state index in [2.05, 4.69) is 35.4 Å². The fourth-order valence-electron chi connectivity index (χ4n) is 3.48. The van der Waals surface area contributed by atoms with Crippen LogP contribution in [0.3, 0.4) is 0 Å². The summed E-state index contributed by atoms with van der Waals surface area (Å²) >= 11 is 0. The van der Waals surface area contributed by atoms with Crippen molar-refractivity contribution in [3.63, 3.8) is 0 Å². The first-order chi connectivity index (χ1) is 12.4. The Labute approximate surface area is 155 Å². The van der Waals surface area contributed by atoms with Gasteiger partial charge in [0.1, 0.15) is 0 Å². The lowest BCUT2D eigenvalue weighted by Crippen LogP contribution is -2.55. The highest BCUT2D eigenvalue weighted by Crippen LogP contribution is 2.33. The van der Waals surface area contributed by atoms with Crippen LogP contribution in [0.5, 0.6) is 0 Å². The lowest BCUT2D eigenvalue weighted by Gasteiger charge is -2.42. The first kappa shape index (κ1) is 18.7. The van der Waals surface area contributed by atoms with Gasteiger partial charge in [-0.25, -0.2) is 4.79 Å². The van der Waals surface area contributed by atoms with Crippen LogP contribution in [0.4, 0.5) is 10.5 Å². The molecule has 0 aliphatic heterocycles. The number of hydrogen-bond donors (Lipinski definition) is 3. The molecule has 2 saturated carbocycles. The van der Waals surface area contributed by atoms with Crippen molar-refractivity contribution in [3.8, 4) is 0 Å². The molecule has 6 nitrogen and oxygen atoms in total. The largest absolute Gasteiger partial charge is 0.480 e. The van der Waals surface area contributed by atoms with Crippen LogP contribution in [0.15, 0.2) is 24.3 Å². The Balaban J connectivity index is 1.44. The normalized spacial score (nSPS) is 22.2. The third kappa shape index (κ3) is 5.21. The van der Waals surface area contributed by atoms with Gasteiger partial charge in [-0.1, -0.05) is 26.0 Å². The predicted molar refractivity (Wildman–Crippen MR) is 101 cm³/mol. The van der Waals surface area contributed by atoms with Crippen LogP contribution >= 0.6 is 0 Å². The number of hydrogen-bond acceptors (Lipinski definition) is 3. The first-order valence-corrected chi connectivity index (χ1v) is 9.54. The number of carbonyl (C=O) groups excluding carboxylic acids is 1. The molecule has 2 aliphatic rings. The molecule has 0 unspecified atom stereocenters. The number of benzene rings is 1. The fraction of sp³-hybridized carbons (Fsp3) is 0.600. The molecule has 2 amide bonds. The zero-order chi connectivity index (χ0) is 18.7. The minimum Gasteiger partial charge on any atom is -0.480 e. The maximum atomic E-state index is 12.2. The van der Waals surface area contributed by atoms with Crippen LogP contribution in [0, 0.1) is 5.92 Å². The van der Waals surface area contributed by atoms with Gasteiger partial charge in [-0.15, -0.1) is 0 Å². The number of anilines is 1. The minimum atomic E-state index is -0.773. The molecule has 0 bridgehead atoms. The molecule has 3 N–H and O–H groups in total. The smallest absolute Gasteiger partial charge is 0.319 e. The van der Waals surface area contributed by atoms with E-state index in [1.54, 1.807) is 0 Å². The highest BCUT2D eigenvalue weighted by Gasteiger charge is 2.37. The summed E-state index contributed by atoms with van der Waals surface area (Å²) in [7, 11) is 0. The number of carbonyl (C=O) groups is 2. The van der Waals surface area contributed by atoms with E-state index in [0.717, 1.165) is 25.1 Å². The van der Waals surface area contributed by atoms with E-state index >= 15 is 0 Å². The summed E-state index contributed by atoms with van der Waals surface area (Å²) in [4.78, 5) is 25.4. The summed E-state index contributed by atoms with van der Waals surface area (Å²) < 4.78 is 0. The summed E-state index contributed by atoms with van der Waals surface area (Å²) in [5, 5.41) is 15.0. The Morgan fingerprint density at radius 1 is 1.27 bits per heavy atom. The number of carboxylic acid groups (broad SMARTS) is 1.